The number of rotatable bonds is 4. The van der Waals surface area contributed by atoms with Gasteiger partial charge in [0.1, 0.15) is 6.54 Å². The van der Waals surface area contributed by atoms with Crippen LogP contribution in [0.5, 0.6) is 0 Å². The van der Waals surface area contributed by atoms with Crippen LogP contribution in [-0.2, 0) is 11.3 Å². The summed E-state index contributed by atoms with van der Waals surface area (Å²) in [5, 5.41) is 4.52. The van der Waals surface area contributed by atoms with Gasteiger partial charge < -0.3 is 4.90 Å². The maximum atomic E-state index is 11.6. The van der Waals surface area contributed by atoms with E-state index in [9.17, 15) is 4.79 Å². The Hall–Kier alpha value is -1.32. The van der Waals surface area contributed by atoms with Crippen molar-refractivity contribution in [3.8, 4) is 0 Å². The summed E-state index contributed by atoms with van der Waals surface area (Å²) in [6.45, 7) is 8.89. The number of hydrogen-bond acceptors (Lipinski definition) is 2. The van der Waals surface area contributed by atoms with Crippen molar-refractivity contribution < 1.29 is 4.79 Å². The van der Waals surface area contributed by atoms with Crippen molar-refractivity contribution in [1.29, 1.82) is 0 Å². The van der Waals surface area contributed by atoms with E-state index in [4.69, 9.17) is 0 Å². The molecule has 17 heavy (non-hydrogen) atoms. The van der Waals surface area contributed by atoms with Gasteiger partial charge in [0, 0.05) is 20.3 Å². The third-order valence-corrected chi connectivity index (χ3v) is 2.78. The SMILES string of the molecule is CC(C)c1cn(CC(=O)N(C)C)nc1C(C)C. The molecule has 0 bridgehead atoms. The molecule has 1 aromatic rings. The monoisotopic (exact) mass is 237 g/mol. The van der Waals surface area contributed by atoms with Crippen LogP contribution in [0.1, 0.15) is 50.8 Å². The summed E-state index contributed by atoms with van der Waals surface area (Å²) < 4.78 is 1.76. The summed E-state index contributed by atoms with van der Waals surface area (Å²) in [5.41, 5.74) is 2.35. The Balaban J connectivity index is 2.96. The lowest BCUT2D eigenvalue weighted by molar-refractivity contribution is -0.129. The van der Waals surface area contributed by atoms with Crippen molar-refractivity contribution in [2.75, 3.05) is 14.1 Å². The Bertz CT molecular complexity index is 366. The van der Waals surface area contributed by atoms with E-state index >= 15 is 0 Å². The van der Waals surface area contributed by atoms with Crippen molar-refractivity contribution >= 4 is 5.91 Å². The number of aromatic nitrogens is 2. The first kappa shape index (κ1) is 13.7. The summed E-state index contributed by atoms with van der Waals surface area (Å²) in [6, 6.07) is 0. The molecule has 0 aliphatic heterocycles. The Morgan fingerprint density at radius 3 is 2.24 bits per heavy atom. The molecule has 0 radical (unpaired) electrons. The molecule has 4 heteroatoms. The molecule has 0 saturated heterocycles. The summed E-state index contributed by atoms with van der Waals surface area (Å²) in [5.74, 6) is 0.900. The van der Waals surface area contributed by atoms with Crippen molar-refractivity contribution in [3.05, 3.63) is 17.5 Å². The zero-order valence-electron chi connectivity index (χ0n) is 11.7. The van der Waals surface area contributed by atoms with E-state index in [0.29, 0.717) is 18.4 Å². The number of carbonyl (C=O) groups excluding carboxylic acids is 1. The second-order valence-corrected chi connectivity index (χ2v) is 5.26. The fraction of sp³-hybridized carbons (Fsp3) is 0.692. The van der Waals surface area contributed by atoms with Gasteiger partial charge in [-0.1, -0.05) is 27.7 Å². The normalized spacial score (nSPS) is 11.3. The van der Waals surface area contributed by atoms with Gasteiger partial charge in [-0.3, -0.25) is 9.48 Å². The molecule has 0 aliphatic rings. The van der Waals surface area contributed by atoms with Crippen LogP contribution in [-0.4, -0.2) is 34.7 Å². The first-order valence-electron chi connectivity index (χ1n) is 6.10. The first-order chi connectivity index (χ1) is 7.82. The highest BCUT2D eigenvalue weighted by molar-refractivity contribution is 5.75. The predicted octanol–water partition coefficient (Wildman–Crippen LogP) is 2.22. The molecule has 0 N–H and O–H groups in total. The highest BCUT2D eigenvalue weighted by atomic mass is 16.2. The van der Waals surface area contributed by atoms with E-state index < -0.39 is 0 Å². The standard InChI is InChI=1S/C13H23N3O/c1-9(2)11-7-16(8-12(17)15(5)6)14-13(11)10(3)4/h7,9-10H,8H2,1-6H3. The van der Waals surface area contributed by atoms with E-state index in [-0.39, 0.29) is 5.91 Å². The second-order valence-electron chi connectivity index (χ2n) is 5.26. The zero-order chi connectivity index (χ0) is 13.2. The molecule has 0 aliphatic carbocycles. The molecule has 0 atom stereocenters. The minimum absolute atomic E-state index is 0.0677. The average Bonchev–Trinajstić information content (AvgIpc) is 2.61. The minimum Gasteiger partial charge on any atom is -0.347 e. The lowest BCUT2D eigenvalue weighted by atomic mass is 9.98. The van der Waals surface area contributed by atoms with Gasteiger partial charge in [-0.05, 0) is 17.4 Å². The number of likely N-dealkylation sites (N-methyl/N-ethyl adjacent to an activating group) is 1. The van der Waals surface area contributed by atoms with E-state index in [2.05, 4.69) is 32.8 Å². The van der Waals surface area contributed by atoms with Gasteiger partial charge in [0.05, 0.1) is 5.69 Å². The van der Waals surface area contributed by atoms with Crippen LogP contribution >= 0.6 is 0 Å². The molecule has 0 spiro atoms. The van der Waals surface area contributed by atoms with Crippen LogP contribution in [0.2, 0.25) is 0 Å². The van der Waals surface area contributed by atoms with E-state index in [1.54, 1.807) is 23.7 Å². The molecule has 0 aromatic carbocycles. The second kappa shape index (κ2) is 5.34. The maximum Gasteiger partial charge on any atom is 0.243 e. The van der Waals surface area contributed by atoms with Crippen molar-refractivity contribution in [2.45, 2.75) is 46.1 Å². The Kier molecular flexibility index (Phi) is 4.32. The summed E-state index contributed by atoms with van der Waals surface area (Å²) >= 11 is 0. The molecule has 96 valence electrons. The van der Waals surface area contributed by atoms with Crippen LogP contribution < -0.4 is 0 Å². The topological polar surface area (TPSA) is 38.1 Å². The summed E-state index contributed by atoms with van der Waals surface area (Å²) in [6.07, 6.45) is 2.00. The quantitative estimate of drug-likeness (QED) is 0.805. The average molecular weight is 237 g/mol. The fourth-order valence-electron chi connectivity index (χ4n) is 1.71. The van der Waals surface area contributed by atoms with Crippen molar-refractivity contribution in [3.63, 3.8) is 0 Å². The van der Waals surface area contributed by atoms with E-state index in [0.717, 1.165) is 5.69 Å². The van der Waals surface area contributed by atoms with Gasteiger partial charge in [0.2, 0.25) is 5.91 Å². The number of nitrogens with zero attached hydrogens (tertiary/aromatic N) is 3. The van der Waals surface area contributed by atoms with Gasteiger partial charge in [0.25, 0.3) is 0 Å². The van der Waals surface area contributed by atoms with Crippen molar-refractivity contribution in [1.82, 2.24) is 14.7 Å². The predicted molar refractivity (Wildman–Crippen MR) is 69.1 cm³/mol. The largest absolute Gasteiger partial charge is 0.347 e. The van der Waals surface area contributed by atoms with Gasteiger partial charge in [-0.15, -0.1) is 0 Å². The van der Waals surface area contributed by atoms with Gasteiger partial charge >= 0.3 is 0 Å². The molecular weight excluding hydrogens is 214 g/mol. The third kappa shape index (κ3) is 3.32. The smallest absolute Gasteiger partial charge is 0.243 e. The molecule has 1 heterocycles. The first-order valence-corrected chi connectivity index (χ1v) is 6.10. The summed E-state index contributed by atoms with van der Waals surface area (Å²) in [7, 11) is 3.52. The Labute approximate surface area is 104 Å². The maximum absolute atomic E-state index is 11.6. The Morgan fingerprint density at radius 2 is 1.88 bits per heavy atom. The number of carbonyl (C=O) groups is 1. The highest BCUT2D eigenvalue weighted by Crippen LogP contribution is 2.24. The summed E-state index contributed by atoms with van der Waals surface area (Å²) in [4.78, 5) is 13.2. The van der Waals surface area contributed by atoms with Crippen molar-refractivity contribution in [2.24, 2.45) is 0 Å². The van der Waals surface area contributed by atoms with Gasteiger partial charge in [0.15, 0.2) is 0 Å². The highest BCUT2D eigenvalue weighted by Gasteiger charge is 2.16. The van der Waals surface area contributed by atoms with Crippen LogP contribution in [0.15, 0.2) is 6.20 Å². The molecule has 0 fully saturated rings. The fourth-order valence-corrected chi connectivity index (χ4v) is 1.71. The van der Waals surface area contributed by atoms with E-state index in [1.807, 2.05) is 6.20 Å². The zero-order valence-corrected chi connectivity index (χ0v) is 11.7. The number of amides is 1. The molecule has 1 rings (SSSR count). The number of hydrogen-bond donors (Lipinski definition) is 0. The lowest BCUT2D eigenvalue weighted by Gasteiger charge is -2.09. The van der Waals surface area contributed by atoms with E-state index in [1.165, 1.54) is 5.56 Å². The lowest BCUT2D eigenvalue weighted by Crippen LogP contribution is -2.26. The van der Waals surface area contributed by atoms with Gasteiger partial charge in [-0.2, -0.15) is 5.10 Å². The molecular formula is C13H23N3O. The van der Waals surface area contributed by atoms with Crippen LogP contribution in [0.3, 0.4) is 0 Å². The van der Waals surface area contributed by atoms with Crippen LogP contribution in [0.25, 0.3) is 0 Å². The molecule has 0 unspecified atom stereocenters. The van der Waals surface area contributed by atoms with Gasteiger partial charge in [-0.25, -0.2) is 0 Å². The molecule has 1 aromatic heterocycles. The molecule has 0 saturated carbocycles. The molecule has 4 nitrogen and oxygen atoms in total. The third-order valence-electron chi connectivity index (χ3n) is 2.78. The minimum atomic E-state index is 0.0677. The molecule has 1 amide bonds. The Morgan fingerprint density at radius 1 is 1.29 bits per heavy atom. The van der Waals surface area contributed by atoms with Crippen LogP contribution in [0.4, 0.5) is 0 Å². The van der Waals surface area contributed by atoms with Crippen LogP contribution in [0, 0.1) is 0 Å².